The first-order valence-corrected chi connectivity index (χ1v) is 7.99. The Morgan fingerprint density at radius 3 is 1.94 bits per heavy atom. The highest BCUT2D eigenvalue weighted by Gasteiger charge is 2.48. The van der Waals surface area contributed by atoms with Gasteiger partial charge in [0.15, 0.2) is 6.71 Å². The Labute approximate surface area is 110 Å². The van der Waals surface area contributed by atoms with Crippen LogP contribution in [0.15, 0.2) is 0 Å². The average molecular weight is 285 g/mol. The van der Waals surface area contributed by atoms with Gasteiger partial charge in [0.05, 0.1) is 0 Å². The topological polar surface area (TPSA) is 0 Å². The van der Waals surface area contributed by atoms with Crippen molar-refractivity contribution in [3.63, 3.8) is 0 Å². The number of fused-ring (bicyclic) bond motifs is 2. The molecule has 2 heterocycles. The van der Waals surface area contributed by atoms with Crippen LogP contribution in [0.4, 0.5) is 0 Å². The second-order valence-electron chi connectivity index (χ2n) is 6.78. The standard InChI is InChI=1S/C14H26BBr/c1-11(2)10-14(3,16)15-12-6-4-7-13(15)9-5-8-12/h11-13H,4-10H2,1-3H3. The first kappa shape index (κ1) is 13.0. The van der Waals surface area contributed by atoms with Crippen molar-refractivity contribution in [1.82, 2.24) is 0 Å². The Morgan fingerprint density at radius 1 is 1.12 bits per heavy atom. The molecule has 0 amide bonds. The summed E-state index contributed by atoms with van der Waals surface area (Å²) in [5.41, 5.74) is 0. The van der Waals surface area contributed by atoms with E-state index in [-0.39, 0.29) is 0 Å². The van der Waals surface area contributed by atoms with E-state index in [0.717, 1.165) is 24.3 Å². The maximum atomic E-state index is 4.10. The molecule has 2 bridgehead atoms. The Balaban J connectivity index is 2.11. The highest BCUT2D eigenvalue weighted by molar-refractivity contribution is 9.10. The zero-order valence-corrected chi connectivity index (χ0v) is 12.7. The molecule has 0 nitrogen and oxygen atoms in total. The van der Waals surface area contributed by atoms with Gasteiger partial charge in [-0.25, -0.2) is 0 Å². The number of alkyl halides is 1. The molecule has 1 unspecified atom stereocenters. The van der Waals surface area contributed by atoms with Crippen molar-refractivity contribution in [3.05, 3.63) is 0 Å². The van der Waals surface area contributed by atoms with E-state index in [1.807, 2.05) is 0 Å². The summed E-state index contributed by atoms with van der Waals surface area (Å²) in [5, 5.41) is 0. The van der Waals surface area contributed by atoms with E-state index in [2.05, 4.69) is 36.7 Å². The average Bonchev–Trinajstić information content (AvgIpc) is 2.14. The molecular weight excluding hydrogens is 259 g/mol. The van der Waals surface area contributed by atoms with Crippen molar-refractivity contribution in [2.75, 3.05) is 0 Å². The minimum Gasteiger partial charge on any atom is -0.0946 e. The molecule has 0 aromatic rings. The predicted molar refractivity (Wildman–Crippen MR) is 77.7 cm³/mol. The highest BCUT2D eigenvalue weighted by Crippen LogP contribution is 2.53. The molecule has 0 aromatic carbocycles. The molecule has 0 N–H and O–H groups in total. The van der Waals surface area contributed by atoms with Gasteiger partial charge in [-0.15, -0.1) is 0 Å². The van der Waals surface area contributed by atoms with Crippen molar-refractivity contribution in [3.8, 4) is 0 Å². The molecule has 2 saturated heterocycles. The molecule has 2 aliphatic rings. The Hall–Kier alpha value is 0.545. The van der Waals surface area contributed by atoms with Crippen molar-refractivity contribution >= 4 is 22.6 Å². The van der Waals surface area contributed by atoms with Gasteiger partial charge in [-0.3, -0.25) is 0 Å². The van der Waals surface area contributed by atoms with Crippen molar-refractivity contribution in [2.45, 2.75) is 81.6 Å². The van der Waals surface area contributed by atoms with Crippen LogP contribution >= 0.6 is 15.9 Å². The molecule has 0 radical (unpaired) electrons. The normalized spacial score (nSPS) is 33.9. The number of hydrogen-bond acceptors (Lipinski definition) is 0. The van der Waals surface area contributed by atoms with E-state index in [1.165, 1.54) is 44.9 Å². The molecular formula is C14H26BBr. The zero-order chi connectivity index (χ0) is 11.8. The lowest BCUT2D eigenvalue weighted by molar-refractivity contribution is 0.423. The van der Waals surface area contributed by atoms with Crippen LogP contribution in [-0.2, 0) is 0 Å². The van der Waals surface area contributed by atoms with Crippen LogP contribution in [0.2, 0.25) is 11.6 Å². The summed E-state index contributed by atoms with van der Waals surface area (Å²) in [7, 11) is 0. The van der Waals surface area contributed by atoms with Crippen LogP contribution in [0, 0.1) is 5.92 Å². The molecule has 0 aromatic heterocycles. The predicted octanol–water partition coefficient (Wildman–Crippen LogP) is 5.33. The van der Waals surface area contributed by atoms with Crippen LogP contribution in [0.5, 0.6) is 0 Å². The fourth-order valence-electron chi connectivity index (χ4n) is 4.59. The Kier molecular flexibility index (Phi) is 4.09. The Morgan fingerprint density at radius 2 is 1.56 bits per heavy atom. The van der Waals surface area contributed by atoms with Crippen molar-refractivity contribution < 1.29 is 0 Å². The third-order valence-corrected chi connectivity index (χ3v) is 5.67. The number of hydrogen-bond donors (Lipinski definition) is 0. The molecule has 2 fully saturated rings. The van der Waals surface area contributed by atoms with E-state index in [1.54, 1.807) is 0 Å². The van der Waals surface area contributed by atoms with Crippen LogP contribution in [0.1, 0.15) is 65.7 Å². The van der Waals surface area contributed by atoms with E-state index in [0.29, 0.717) is 4.22 Å². The fraction of sp³-hybridized carbons (Fsp3) is 1.00. The lowest BCUT2D eigenvalue weighted by Crippen LogP contribution is -2.49. The summed E-state index contributed by atoms with van der Waals surface area (Å²) in [6.45, 7) is 8.14. The molecule has 2 aliphatic heterocycles. The van der Waals surface area contributed by atoms with Crippen LogP contribution in [0.3, 0.4) is 0 Å². The monoisotopic (exact) mass is 284 g/mol. The lowest BCUT2D eigenvalue weighted by Gasteiger charge is -2.47. The summed E-state index contributed by atoms with van der Waals surface area (Å²) in [5.74, 6) is 2.86. The zero-order valence-electron chi connectivity index (χ0n) is 11.1. The van der Waals surface area contributed by atoms with Crippen LogP contribution < -0.4 is 0 Å². The van der Waals surface area contributed by atoms with E-state index < -0.39 is 0 Å². The molecule has 0 aliphatic carbocycles. The smallest absolute Gasteiger partial charge is 0.0946 e. The summed E-state index contributed by atoms with van der Waals surface area (Å²) in [6.07, 6.45) is 10.3. The lowest BCUT2D eigenvalue weighted by atomic mass is 9.22. The minimum atomic E-state index is 0.400. The van der Waals surface area contributed by atoms with Gasteiger partial charge >= 0.3 is 0 Å². The third-order valence-electron chi connectivity index (χ3n) is 4.82. The van der Waals surface area contributed by atoms with Crippen molar-refractivity contribution in [1.29, 1.82) is 0 Å². The van der Waals surface area contributed by atoms with Gasteiger partial charge in [0.1, 0.15) is 0 Å². The first-order valence-electron chi connectivity index (χ1n) is 7.19. The quantitative estimate of drug-likeness (QED) is 0.485. The SMILES string of the molecule is CC(C)CC(C)(Br)B1C2CCCC1CCC2. The first-order chi connectivity index (χ1) is 7.50. The number of rotatable bonds is 3. The van der Waals surface area contributed by atoms with E-state index >= 15 is 0 Å². The largest absolute Gasteiger partial charge is 0.166 e. The van der Waals surface area contributed by atoms with Gasteiger partial charge in [0.2, 0.25) is 0 Å². The molecule has 0 saturated carbocycles. The number of halogens is 1. The van der Waals surface area contributed by atoms with Gasteiger partial charge in [0, 0.05) is 4.22 Å². The maximum absolute atomic E-state index is 4.10. The molecule has 2 heteroatoms. The maximum Gasteiger partial charge on any atom is 0.166 e. The second kappa shape index (κ2) is 5.04. The fourth-order valence-corrected chi connectivity index (χ4v) is 5.99. The summed E-state index contributed by atoms with van der Waals surface area (Å²) in [4.78, 5) is 0. The van der Waals surface area contributed by atoms with Gasteiger partial charge in [-0.1, -0.05) is 86.9 Å². The van der Waals surface area contributed by atoms with Crippen LogP contribution in [0.25, 0.3) is 0 Å². The van der Waals surface area contributed by atoms with E-state index in [9.17, 15) is 0 Å². The third kappa shape index (κ3) is 2.68. The Bertz CT molecular complexity index is 215. The summed E-state index contributed by atoms with van der Waals surface area (Å²) < 4.78 is 0.400. The highest BCUT2D eigenvalue weighted by atomic mass is 79.9. The van der Waals surface area contributed by atoms with Gasteiger partial charge in [-0.2, -0.15) is 0 Å². The van der Waals surface area contributed by atoms with Gasteiger partial charge < -0.3 is 0 Å². The molecule has 92 valence electrons. The molecule has 1 atom stereocenters. The van der Waals surface area contributed by atoms with E-state index in [4.69, 9.17) is 0 Å². The molecule has 0 spiro atoms. The molecule has 16 heavy (non-hydrogen) atoms. The van der Waals surface area contributed by atoms with Gasteiger partial charge in [0.25, 0.3) is 0 Å². The van der Waals surface area contributed by atoms with Crippen LogP contribution in [-0.4, -0.2) is 10.9 Å². The summed E-state index contributed by atoms with van der Waals surface area (Å²) in [6, 6.07) is 0. The second-order valence-corrected chi connectivity index (χ2v) is 8.60. The van der Waals surface area contributed by atoms with Gasteiger partial charge in [-0.05, 0) is 12.3 Å². The molecule has 2 rings (SSSR count). The minimum absolute atomic E-state index is 0.400. The van der Waals surface area contributed by atoms with Crippen molar-refractivity contribution in [2.24, 2.45) is 5.92 Å². The summed E-state index contributed by atoms with van der Waals surface area (Å²) >= 11 is 4.10.